The molecule has 2 rings (SSSR count). The van der Waals surface area contributed by atoms with Crippen LogP contribution >= 0.6 is 0 Å². The maximum Gasteiger partial charge on any atom is 0.236 e. The smallest absolute Gasteiger partial charge is 0.236 e. The molecule has 0 aromatic rings. The van der Waals surface area contributed by atoms with Crippen LogP contribution in [0.25, 0.3) is 0 Å². The quantitative estimate of drug-likeness (QED) is 0.623. The summed E-state index contributed by atoms with van der Waals surface area (Å²) in [6.07, 6.45) is 1.39. The van der Waals surface area contributed by atoms with Crippen LogP contribution < -0.4 is 0 Å². The van der Waals surface area contributed by atoms with E-state index in [1.165, 1.54) is 0 Å². The van der Waals surface area contributed by atoms with Crippen LogP contribution in [0.4, 0.5) is 0 Å². The van der Waals surface area contributed by atoms with E-state index in [2.05, 4.69) is 0 Å². The number of carbonyl (C=O) groups excluding carboxylic acids is 1. The van der Waals surface area contributed by atoms with Crippen molar-refractivity contribution in [3.63, 3.8) is 0 Å². The van der Waals surface area contributed by atoms with Crippen molar-refractivity contribution in [2.24, 2.45) is 0 Å². The lowest BCUT2D eigenvalue weighted by molar-refractivity contribution is -0.187. The Morgan fingerprint density at radius 2 is 1.93 bits per heavy atom. The highest BCUT2D eigenvalue weighted by Crippen LogP contribution is 2.31. The molecule has 2 fully saturated rings. The van der Waals surface area contributed by atoms with E-state index in [0.29, 0.717) is 39.1 Å². The molecule has 0 aromatic carbocycles. The first-order valence-corrected chi connectivity index (χ1v) is 5.18. The molecule has 0 atom stereocenters. The average molecular weight is 210 g/mol. The first kappa shape index (κ1) is 10.4. The molecule has 0 bridgehead atoms. The van der Waals surface area contributed by atoms with Gasteiger partial charge in [-0.1, -0.05) is 0 Å². The molecule has 2 aliphatic heterocycles. The predicted octanol–water partition coefficient (Wildman–Crippen LogP) is 0.266. The summed E-state index contributed by atoms with van der Waals surface area (Å²) in [5, 5.41) is 8.43. The second-order valence-electron chi connectivity index (χ2n) is 3.82. The monoisotopic (exact) mass is 210 g/mol. The first-order chi connectivity index (χ1) is 7.26. The van der Waals surface area contributed by atoms with E-state index >= 15 is 0 Å². The molecule has 1 amide bonds. The van der Waals surface area contributed by atoms with Crippen LogP contribution in [0.3, 0.4) is 0 Å². The number of hydrogen-bond donors (Lipinski definition) is 0. The minimum atomic E-state index is -0.441. The molecule has 0 aromatic heterocycles. The third-order valence-electron chi connectivity index (χ3n) is 2.92. The van der Waals surface area contributed by atoms with E-state index < -0.39 is 5.79 Å². The molecule has 0 unspecified atom stereocenters. The predicted molar refractivity (Wildman–Crippen MR) is 50.7 cm³/mol. The Hall–Kier alpha value is -1.12. The van der Waals surface area contributed by atoms with Gasteiger partial charge in [0.1, 0.15) is 6.42 Å². The molecule has 2 heterocycles. The van der Waals surface area contributed by atoms with E-state index in [4.69, 9.17) is 14.7 Å². The van der Waals surface area contributed by atoms with Crippen molar-refractivity contribution in [1.29, 1.82) is 5.26 Å². The SMILES string of the molecule is N#CCC(=O)N1CCC2(CC1)OCCO2. The Kier molecular flexibility index (Phi) is 2.89. The van der Waals surface area contributed by atoms with Crippen LogP contribution in [0.15, 0.2) is 0 Å². The Labute approximate surface area is 88.6 Å². The molecule has 2 aliphatic rings. The van der Waals surface area contributed by atoms with Crippen molar-refractivity contribution in [3.8, 4) is 6.07 Å². The van der Waals surface area contributed by atoms with Crippen LogP contribution in [0, 0.1) is 11.3 Å². The van der Waals surface area contributed by atoms with E-state index in [1.807, 2.05) is 6.07 Å². The van der Waals surface area contributed by atoms with Gasteiger partial charge in [0.05, 0.1) is 19.3 Å². The van der Waals surface area contributed by atoms with Crippen molar-refractivity contribution in [2.45, 2.75) is 25.0 Å². The van der Waals surface area contributed by atoms with Gasteiger partial charge >= 0.3 is 0 Å². The fourth-order valence-corrected chi connectivity index (χ4v) is 2.06. The average Bonchev–Trinajstić information content (AvgIpc) is 2.68. The van der Waals surface area contributed by atoms with Crippen molar-refractivity contribution >= 4 is 5.91 Å². The second kappa shape index (κ2) is 4.17. The van der Waals surface area contributed by atoms with Crippen LogP contribution in [0.2, 0.25) is 0 Å². The van der Waals surface area contributed by atoms with E-state index in [9.17, 15) is 4.79 Å². The van der Waals surface area contributed by atoms with Crippen LogP contribution in [0.1, 0.15) is 19.3 Å². The fourth-order valence-electron chi connectivity index (χ4n) is 2.06. The minimum absolute atomic E-state index is 0.0330. The Bertz CT molecular complexity index is 282. The number of piperidine rings is 1. The topological polar surface area (TPSA) is 62.6 Å². The number of ether oxygens (including phenoxy) is 2. The Morgan fingerprint density at radius 3 is 2.47 bits per heavy atom. The number of nitrogens with zero attached hydrogens (tertiary/aromatic N) is 2. The minimum Gasteiger partial charge on any atom is -0.347 e. The van der Waals surface area contributed by atoms with Crippen LogP contribution in [-0.2, 0) is 14.3 Å². The summed E-state index contributed by atoms with van der Waals surface area (Å²) in [5.41, 5.74) is 0. The highest BCUT2D eigenvalue weighted by atomic mass is 16.7. The molecule has 15 heavy (non-hydrogen) atoms. The molecule has 1 spiro atoms. The molecule has 0 N–H and O–H groups in total. The summed E-state index contributed by atoms with van der Waals surface area (Å²) in [6.45, 7) is 2.54. The van der Waals surface area contributed by atoms with Gasteiger partial charge < -0.3 is 14.4 Å². The molecular formula is C10H14N2O3. The molecule has 5 nitrogen and oxygen atoms in total. The standard InChI is InChI=1S/C10H14N2O3/c11-4-1-9(13)12-5-2-10(3-6-12)14-7-8-15-10/h1-3,5-8H2. The molecule has 0 radical (unpaired) electrons. The summed E-state index contributed by atoms with van der Waals surface area (Å²) < 4.78 is 11.1. The largest absolute Gasteiger partial charge is 0.347 e. The first-order valence-electron chi connectivity index (χ1n) is 5.18. The summed E-state index contributed by atoms with van der Waals surface area (Å²) in [6, 6.07) is 1.87. The van der Waals surface area contributed by atoms with E-state index in [0.717, 1.165) is 0 Å². The molecule has 0 aliphatic carbocycles. The van der Waals surface area contributed by atoms with Gasteiger partial charge in [0.2, 0.25) is 5.91 Å². The number of hydrogen-bond acceptors (Lipinski definition) is 4. The van der Waals surface area contributed by atoms with Gasteiger partial charge in [-0.3, -0.25) is 4.79 Å². The third-order valence-corrected chi connectivity index (χ3v) is 2.92. The maximum absolute atomic E-state index is 11.4. The van der Waals surface area contributed by atoms with Crippen molar-refractivity contribution in [1.82, 2.24) is 4.90 Å². The molecule has 5 heteroatoms. The summed E-state index contributed by atoms with van der Waals surface area (Å²) in [4.78, 5) is 13.1. The third kappa shape index (κ3) is 2.11. The van der Waals surface area contributed by atoms with Gasteiger partial charge in [-0.25, -0.2) is 0 Å². The number of nitriles is 1. The molecule has 2 saturated heterocycles. The molecular weight excluding hydrogens is 196 g/mol. The van der Waals surface area contributed by atoms with Gasteiger partial charge in [0.25, 0.3) is 0 Å². The molecule has 82 valence electrons. The Morgan fingerprint density at radius 1 is 1.33 bits per heavy atom. The summed E-state index contributed by atoms with van der Waals surface area (Å²) >= 11 is 0. The number of likely N-dealkylation sites (tertiary alicyclic amines) is 1. The fraction of sp³-hybridized carbons (Fsp3) is 0.800. The van der Waals surface area contributed by atoms with Crippen molar-refractivity contribution in [2.75, 3.05) is 26.3 Å². The lowest BCUT2D eigenvalue weighted by atomic mass is 10.0. The normalized spacial score (nSPS) is 24.1. The summed E-state index contributed by atoms with van der Waals surface area (Å²) in [5.74, 6) is -0.533. The van der Waals surface area contributed by atoms with E-state index in [1.54, 1.807) is 4.90 Å². The van der Waals surface area contributed by atoms with E-state index in [-0.39, 0.29) is 12.3 Å². The maximum atomic E-state index is 11.4. The van der Waals surface area contributed by atoms with Gasteiger partial charge in [-0.2, -0.15) is 5.26 Å². The summed E-state index contributed by atoms with van der Waals surface area (Å²) in [7, 11) is 0. The number of carbonyl (C=O) groups is 1. The Balaban J connectivity index is 1.86. The zero-order chi connectivity index (χ0) is 10.7. The van der Waals surface area contributed by atoms with Crippen molar-refractivity contribution in [3.05, 3.63) is 0 Å². The second-order valence-corrected chi connectivity index (χ2v) is 3.82. The zero-order valence-electron chi connectivity index (χ0n) is 8.57. The zero-order valence-corrected chi connectivity index (χ0v) is 8.57. The number of amides is 1. The number of rotatable bonds is 1. The van der Waals surface area contributed by atoms with Gasteiger partial charge in [0, 0.05) is 25.9 Å². The highest BCUT2D eigenvalue weighted by molar-refractivity contribution is 5.78. The van der Waals surface area contributed by atoms with Crippen molar-refractivity contribution < 1.29 is 14.3 Å². The molecule has 0 saturated carbocycles. The van der Waals surface area contributed by atoms with Crippen LogP contribution in [0.5, 0.6) is 0 Å². The highest BCUT2D eigenvalue weighted by Gasteiger charge is 2.40. The lowest BCUT2D eigenvalue weighted by Gasteiger charge is -2.37. The lowest BCUT2D eigenvalue weighted by Crippen LogP contribution is -2.47. The van der Waals surface area contributed by atoms with Crippen LogP contribution in [-0.4, -0.2) is 42.9 Å². The van der Waals surface area contributed by atoms with Gasteiger partial charge in [-0.15, -0.1) is 0 Å². The van der Waals surface area contributed by atoms with Gasteiger partial charge in [0.15, 0.2) is 5.79 Å². The van der Waals surface area contributed by atoms with Gasteiger partial charge in [-0.05, 0) is 0 Å².